The number of hydrogen-bond acceptors (Lipinski definition) is 1. The third-order valence-electron chi connectivity index (χ3n) is 3.08. The van der Waals surface area contributed by atoms with Crippen molar-refractivity contribution in [1.29, 1.82) is 0 Å². The van der Waals surface area contributed by atoms with Crippen molar-refractivity contribution in [1.82, 2.24) is 9.55 Å². The van der Waals surface area contributed by atoms with Crippen LogP contribution in [0.15, 0.2) is 51.4 Å². The fourth-order valence-corrected chi connectivity index (χ4v) is 2.96. The maximum atomic E-state index is 6.30. The molecule has 0 spiro atoms. The van der Waals surface area contributed by atoms with Crippen molar-refractivity contribution in [2.45, 2.75) is 12.3 Å². The molecule has 1 heterocycles. The monoisotopic (exact) mass is 412 g/mol. The number of nitrogens with zero attached hydrogens (tertiary/aromatic N) is 2. The average Bonchev–Trinajstić information content (AvgIpc) is 2.78. The first kappa shape index (κ1) is 14.1. The lowest BCUT2D eigenvalue weighted by Gasteiger charge is -2.10. The van der Waals surface area contributed by atoms with Crippen LogP contribution in [-0.2, 0) is 0 Å². The topological polar surface area (TPSA) is 17.8 Å². The van der Waals surface area contributed by atoms with Gasteiger partial charge in [-0.3, -0.25) is 4.57 Å². The zero-order valence-electron chi connectivity index (χ0n) is 10.6. The van der Waals surface area contributed by atoms with Gasteiger partial charge in [0.05, 0.1) is 16.4 Å². The fraction of sp³-hybridized carbons (Fsp3) is 0.133. The van der Waals surface area contributed by atoms with Crippen molar-refractivity contribution >= 4 is 54.5 Å². The molecule has 1 unspecified atom stereocenters. The van der Waals surface area contributed by atoms with Gasteiger partial charge in [0.2, 0.25) is 0 Å². The molecule has 102 valence electrons. The second-order valence-corrected chi connectivity index (χ2v) is 7.02. The van der Waals surface area contributed by atoms with E-state index in [1.54, 1.807) is 0 Å². The summed E-state index contributed by atoms with van der Waals surface area (Å²) in [6.45, 7) is 1.94. The number of benzene rings is 2. The van der Waals surface area contributed by atoms with Crippen molar-refractivity contribution in [2.24, 2.45) is 0 Å². The Kier molecular flexibility index (Phi) is 3.89. The van der Waals surface area contributed by atoms with E-state index in [1.807, 2.05) is 31.2 Å². The Hall–Kier alpha value is -0.840. The quantitative estimate of drug-likeness (QED) is 0.481. The van der Waals surface area contributed by atoms with Crippen LogP contribution in [0.3, 0.4) is 0 Å². The molecule has 3 rings (SSSR count). The molecule has 0 saturated heterocycles. The van der Waals surface area contributed by atoms with Gasteiger partial charge in [-0.05, 0) is 49.4 Å². The van der Waals surface area contributed by atoms with Gasteiger partial charge in [-0.2, -0.15) is 0 Å². The summed E-state index contributed by atoms with van der Waals surface area (Å²) in [5.74, 6) is 0.849. The molecule has 1 aromatic heterocycles. The predicted octanol–water partition coefficient (Wildman–Crippen LogP) is 5.85. The highest BCUT2D eigenvalue weighted by atomic mass is 79.9. The summed E-state index contributed by atoms with van der Waals surface area (Å²) in [5.41, 5.74) is 3.04. The third-order valence-corrected chi connectivity index (χ3v) is 4.30. The summed E-state index contributed by atoms with van der Waals surface area (Å²) in [5, 5.41) is -0.162. The number of alkyl halides is 1. The minimum absolute atomic E-state index is 0.162. The van der Waals surface area contributed by atoms with Gasteiger partial charge in [-0.25, -0.2) is 4.98 Å². The summed E-state index contributed by atoms with van der Waals surface area (Å²) >= 11 is 13.2. The molecule has 0 radical (unpaired) electrons. The standard InChI is InChI=1S/C15H11Br2ClN2/c1-9(18)15-19-13-8-11(17)4-7-14(13)20(15)12-5-2-10(16)3-6-12/h2-9H,1H3. The highest BCUT2D eigenvalue weighted by Crippen LogP contribution is 2.30. The molecule has 0 aliphatic heterocycles. The minimum atomic E-state index is -0.162. The number of halogens is 3. The maximum Gasteiger partial charge on any atom is 0.132 e. The van der Waals surface area contributed by atoms with E-state index < -0.39 is 0 Å². The molecule has 0 amide bonds. The molecule has 5 heteroatoms. The van der Waals surface area contributed by atoms with E-state index in [-0.39, 0.29) is 5.38 Å². The van der Waals surface area contributed by atoms with Gasteiger partial charge in [0, 0.05) is 14.6 Å². The van der Waals surface area contributed by atoms with Gasteiger partial charge in [-0.15, -0.1) is 11.6 Å². The lowest BCUT2D eigenvalue weighted by molar-refractivity contribution is 0.882. The Labute approximate surface area is 139 Å². The van der Waals surface area contributed by atoms with Gasteiger partial charge in [0.25, 0.3) is 0 Å². The smallest absolute Gasteiger partial charge is 0.132 e. The van der Waals surface area contributed by atoms with Crippen molar-refractivity contribution in [3.8, 4) is 5.69 Å². The predicted molar refractivity (Wildman–Crippen MR) is 90.7 cm³/mol. The van der Waals surface area contributed by atoms with E-state index >= 15 is 0 Å². The van der Waals surface area contributed by atoms with Crippen LogP contribution < -0.4 is 0 Å². The second-order valence-electron chi connectivity index (χ2n) is 4.53. The van der Waals surface area contributed by atoms with E-state index in [9.17, 15) is 0 Å². The molecule has 0 aliphatic rings. The van der Waals surface area contributed by atoms with Crippen molar-refractivity contribution in [3.63, 3.8) is 0 Å². The van der Waals surface area contributed by atoms with Crippen molar-refractivity contribution in [2.75, 3.05) is 0 Å². The van der Waals surface area contributed by atoms with Crippen LogP contribution in [0.2, 0.25) is 0 Å². The van der Waals surface area contributed by atoms with Crippen molar-refractivity contribution < 1.29 is 0 Å². The van der Waals surface area contributed by atoms with Crippen molar-refractivity contribution in [3.05, 3.63) is 57.2 Å². The number of aromatic nitrogens is 2. The Morgan fingerprint density at radius 2 is 1.70 bits per heavy atom. The molecule has 0 bridgehead atoms. The Morgan fingerprint density at radius 1 is 1.05 bits per heavy atom. The molecule has 3 aromatic rings. The molecule has 2 aromatic carbocycles. The first-order chi connectivity index (χ1) is 9.56. The van der Waals surface area contributed by atoms with E-state index in [0.29, 0.717) is 0 Å². The lowest BCUT2D eigenvalue weighted by Crippen LogP contribution is -2.01. The van der Waals surface area contributed by atoms with Gasteiger partial charge < -0.3 is 0 Å². The largest absolute Gasteiger partial charge is 0.295 e. The summed E-state index contributed by atoms with van der Waals surface area (Å²) in [6, 6.07) is 14.2. The summed E-state index contributed by atoms with van der Waals surface area (Å²) in [6.07, 6.45) is 0. The molecule has 0 fully saturated rings. The van der Waals surface area contributed by atoms with E-state index in [4.69, 9.17) is 11.6 Å². The van der Waals surface area contributed by atoms with Gasteiger partial charge >= 0.3 is 0 Å². The van der Waals surface area contributed by atoms with Crippen LogP contribution >= 0.6 is 43.5 Å². The number of rotatable bonds is 2. The van der Waals surface area contributed by atoms with Crippen LogP contribution in [0.5, 0.6) is 0 Å². The summed E-state index contributed by atoms with van der Waals surface area (Å²) in [4.78, 5) is 4.66. The van der Waals surface area contributed by atoms with E-state index in [1.165, 1.54) is 0 Å². The maximum absolute atomic E-state index is 6.30. The lowest BCUT2D eigenvalue weighted by atomic mass is 10.2. The van der Waals surface area contributed by atoms with Gasteiger partial charge in [0.15, 0.2) is 0 Å². The number of hydrogen-bond donors (Lipinski definition) is 0. The fourth-order valence-electron chi connectivity index (χ4n) is 2.20. The molecular formula is C15H11Br2ClN2. The van der Waals surface area contributed by atoms with E-state index in [0.717, 1.165) is 31.5 Å². The minimum Gasteiger partial charge on any atom is -0.295 e. The molecule has 0 saturated carbocycles. The highest BCUT2D eigenvalue weighted by Gasteiger charge is 2.16. The molecule has 0 aliphatic carbocycles. The molecule has 1 atom stereocenters. The highest BCUT2D eigenvalue weighted by molar-refractivity contribution is 9.10. The van der Waals surface area contributed by atoms with Crippen LogP contribution in [-0.4, -0.2) is 9.55 Å². The third kappa shape index (κ3) is 2.52. The number of imidazole rings is 1. The SMILES string of the molecule is CC(Cl)c1nc2cc(Br)ccc2n1-c1ccc(Br)cc1. The molecular weight excluding hydrogens is 403 g/mol. The Bertz CT molecular complexity index is 763. The molecule has 0 N–H and O–H groups in total. The Balaban J connectivity index is 2.31. The van der Waals surface area contributed by atoms with Crippen LogP contribution in [0, 0.1) is 0 Å². The first-order valence-corrected chi connectivity index (χ1v) is 8.16. The first-order valence-electron chi connectivity index (χ1n) is 6.14. The van der Waals surface area contributed by atoms with Crippen LogP contribution in [0.1, 0.15) is 18.1 Å². The second kappa shape index (κ2) is 5.51. The molecule has 20 heavy (non-hydrogen) atoms. The van der Waals surface area contributed by atoms with Gasteiger partial charge in [-0.1, -0.05) is 31.9 Å². The zero-order valence-corrected chi connectivity index (χ0v) is 14.6. The summed E-state index contributed by atoms with van der Waals surface area (Å²) in [7, 11) is 0. The Morgan fingerprint density at radius 3 is 2.35 bits per heavy atom. The zero-order chi connectivity index (χ0) is 14.3. The number of fused-ring (bicyclic) bond motifs is 1. The normalized spacial score (nSPS) is 12.8. The van der Waals surface area contributed by atoms with Crippen LogP contribution in [0.4, 0.5) is 0 Å². The summed E-state index contributed by atoms with van der Waals surface area (Å²) < 4.78 is 4.17. The molecule has 2 nitrogen and oxygen atoms in total. The van der Waals surface area contributed by atoms with E-state index in [2.05, 4.69) is 59.6 Å². The average molecular weight is 415 g/mol. The van der Waals surface area contributed by atoms with Crippen LogP contribution in [0.25, 0.3) is 16.7 Å². The van der Waals surface area contributed by atoms with Gasteiger partial charge in [0.1, 0.15) is 5.82 Å².